The second-order valence-corrected chi connectivity index (χ2v) is 5.05. The Kier molecular flexibility index (Phi) is 6.14. The van der Waals surface area contributed by atoms with Crippen LogP contribution in [0.3, 0.4) is 0 Å². The molecule has 0 saturated heterocycles. The highest BCUT2D eigenvalue weighted by Gasteiger charge is 2.10. The van der Waals surface area contributed by atoms with Gasteiger partial charge >= 0.3 is 5.97 Å². The van der Waals surface area contributed by atoms with Crippen LogP contribution in [0.15, 0.2) is 36.4 Å². The van der Waals surface area contributed by atoms with Crippen LogP contribution in [-0.2, 0) is 9.53 Å². The van der Waals surface area contributed by atoms with Gasteiger partial charge in [0.05, 0.1) is 0 Å². The summed E-state index contributed by atoms with van der Waals surface area (Å²) < 4.78 is 11.2. The van der Waals surface area contributed by atoms with Gasteiger partial charge in [0, 0.05) is 9.14 Å². The second-order valence-electron chi connectivity index (χ2n) is 3.80. The van der Waals surface area contributed by atoms with Crippen LogP contribution >= 0.6 is 22.6 Å². The number of carbonyl (C=O) groups excluding carboxylic acids is 1. The van der Waals surface area contributed by atoms with Crippen LogP contribution in [0.5, 0.6) is 5.75 Å². The molecule has 18 heavy (non-hydrogen) atoms. The van der Waals surface area contributed by atoms with Gasteiger partial charge in [-0.2, -0.15) is 0 Å². The average molecular weight is 362 g/mol. The number of hydrogen-bond acceptors (Lipinski definition) is 4. The Morgan fingerprint density at radius 1 is 1.50 bits per heavy atom. The van der Waals surface area contributed by atoms with Gasteiger partial charge in [-0.1, -0.05) is 12.6 Å². The van der Waals surface area contributed by atoms with Crippen molar-refractivity contribution in [1.82, 2.24) is 0 Å². The lowest BCUT2D eigenvalue weighted by Gasteiger charge is -2.12. The molecule has 5 heteroatoms. The van der Waals surface area contributed by atoms with Crippen molar-refractivity contribution in [3.8, 4) is 5.75 Å². The van der Waals surface area contributed by atoms with Gasteiger partial charge < -0.3 is 14.6 Å². The fraction of sp³-hybridized carbons (Fsp3) is 0.308. The summed E-state index contributed by atoms with van der Waals surface area (Å²) in [6, 6.07) is 7.46. The molecule has 1 aromatic rings. The Morgan fingerprint density at radius 2 is 2.22 bits per heavy atom. The monoisotopic (exact) mass is 362 g/mol. The molecule has 1 rings (SSSR count). The number of benzene rings is 1. The van der Waals surface area contributed by atoms with Crippen LogP contribution in [0, 0.1) is 3.57 Å². The number of hydrogen-bond donors (Lipinski definition) is 1. The molecule has 0 aromatic heterocycles. The van der Waals surface area contributed by atoms with Crippen molar-refractivity contribution in [2.24, 2.45) is 0 Å². The first-order valence-electron chi connectivity index (χ1n) is 5.38. The molecule has 0 aliphatic carbocycles. The molecule has 0 heterocycles. The van der Waals surface area contributed by atoms with Gasteiger partial charge in [-0.05, 0) is 47.7 Å². The van der Waals surface area contributed by atoms with E-state index in [2.05, 4.69) is 29.2 Å². The van der Waals surface area contributed by atoms with E-state index in [1.807, 2.05) is 18.2 Å². The van der Waals surface area contributed by atoms with Gasteiger partial charge in [-0.3, -0.25) is 0 Å². The van der Waals surface area contributed by atoms with E-state index in [1.165, 1.54) is 0 Å². The predicted octanol–water partition coefficient (Wildman–Crippen LogP) is 2.15. The van der Waals surface area contributed by atoms with Crippen LogP contribution in [0.1, 0.15) is 6.92 Å². The maximum absolute atomic E-state index is 11.1. The number of aliphatic hydroxyl groups excluding tert-OH is 1. The smallest absolute Gasteiger partial charge is 0.333 e. The topological polar surface area (TPSA) is 55.8 Å². The van der Waals surface area contributed by atoms with E-state index in [1.54, 1.807) is 13.0 Å². The van der Waals surface area contributed by atoms with E-state index in [4.69, 9.17) is 9.47 Å². The maximum atomic E-state index is 11.1. The first-order valence-corrected chi connectivity index (χ1v) is 6.46. The molecule has 1 atom stereocenters. The van der Waals surface area contributed by atoms with Gasteiger partial charge in [-0.25, -0.2) is 4.79 Å². The Balaban J connectivity index is 2.31. The first-order chi connectivity index (χ1) is 8.49. The summed E-state index contributed by atoms with van der Waals surface area (Å²) in [6.45, 7) is 4.97. The summed E-state index contributed by atoms with van der Waals surface area (Å²) in [6.07, 6.45) is -0.855. The van der Waals surface area contributed by atoms with E-state index in [-0.39, 0.29) is 13.2 Å². The molecule has 0 radical (unpaired) electrons. The van der Waals surface area contributed by atoms with Crippen molar-refractivity contribution in [3.05, 3.63) is 40.0 Å². The molecular weight excluding hydrogens is 347 g/mol. The molecule has 0 aliphatic rings. The van der Waals surface area contributed by atoms with Gasteiger partial charge in [0.15, 0.2) is 0 Å². The van der Waals surface area contributed by atoms with E-state index < -0.39 is 12.1 Å². The minimum Gasteiger partial charge on any atom is -0.491 e. The fourth-order valence-electron chi connectivity index (χ4n) is 1.09. The lowest BCUT2D eigenvalue weighted by Crippen LogP contribution is -2.25. The van der Waals surface area contributed by atoms with Gasteiger partial charge in [0.25, 0.3) is 0 Å². The summed E-state index contributed by atoms with van der Waals surface area (Å²) in [5, 5.41) is 9.58. The van der Waals surface area contributed by atoms with Gasteiger partial charge in [0.2, 0.25) is 0 Å². The molecule has 0 spiro atoms. The summed E-state index contributed by atoms with van der Waals surface area (Å²) in [7, 11) is 0. The number of halogens is 1. The number of ether oxygens (including phenoxy) is 2. The summed E-state index contributed by atoms with van der Waals surface area (Å²) in [4.78, 5) is 11.1. The third kappa shape index (κ3) is 5.50. The summed E-state index contributed by atoms with van der Waals surface area (Å²) in [5.74, 6) is 0.162. The van der Waals surface area contributed by atoms with Gasteiger partial charge in [0.1, 0.15) is 25.1 Å². The molecule has 0 bridgehead atoms. The highest BCUT2D eigenvalue weighted by Crippen LogP contribution is 2.14. The zero-order chi connectivity index (χ0) is 13.5. The lowest BCUT2D eigenvalue weighted by atomic mass is 10.3. The van der Waals surface area contributed by atoms with E-state index in [0.29, 0.717) is 11.3 Å². The standard InChI is InChI=1S/C13H15IO4/c1-9(2)13(16)18-8-11(15)7-17-12-5-3-4-10(14)6-12/h3-6,11,15H,1,7-8H2,2H3. The third-order valence-corrected chi connectivity index (χ3v) is 2.66. The molecule has 0 amide bonds. The Hall–Kier alpha value is -1.08. The third-order valence-electron chi connectivity index (χ3n) is 1.99. The summed E-state index contributed by atoms with van der Waals surface area (Å²) >= 11 is 2.17. The Morgan fingerprint density at radius 3 is 2.83 bits per heavy atom. The average Bonchev–Trinajstić information content (AvgIpc) is 2.33. The second kappa shape index (κ2) is 7.38. The highest BCUT2D eigenvalue weighted by molar-refractivity contribution is 14.1. The fourth-order valence-corrected chi connectivity index (χ4v) is 1.61. The number of aliphatic hydroxyl groups is 1. The number of esters is 1. The predicted molar refractivity (Wildman–Crippen MR) is 76.4 cm³/mol. The zero-order valence-electron chi connectivity index (χ0n) is 10.1. The van der Waals surface area contributed by atoms with Crippen LogP contribution in [0.2, 0.25) is 0 Å². The molecule has 1 aromatic carbocycles. The molecule has 0 fully saturated rings. The van der Waals surface area contributed by atoms with Crippen LogP contribution in [0.25, 0.3) is 0 Å². The Bertz CT molecular complexity index is 431. The van der Waals surface area contributed by atoms with Crippen LogP contribution in [0.4, 0.5) is 0 Å². The van der Waals surface area contributed by atoms with E-state index >= 15 is 0 Å². The van der Waals surface area contributed by atoms with Crippen molar-refractivity contribution < 1.29 is 19.4 Å². The first kappa shape index (κ1) is 15.0. The minimum atomic E-state index is -0.855. The number of carbonyl (C=O) groups is 1. The van der Waals surface area contributed by atoms with Crippen molar-refractivity contribution >= 4 is 28.6 Å². The van der Waals surface area contributed by atoms with Crippen molar-refractivity contribution in [3.63, 3.8) is 0 Å². The van der Waals surface area contributed by atoms with Crippen molar-refractivity contribution in [1.29, 1.82) is 0 Å². The normalized spacial score (nSPS) is 11.7. The molecular formula is C13H15IO4. The molecule has 0 saturated carbocycles. The Labute approximate surface area is 120 Å². The van der Waals surface area contributed by atoms with Crippen LogP contribution < -0.4 is 4.74 Å². The van der Waals surface area contributed by atoms with E-state index in [9.17, 15) is 9.90 Å². The van der Waals surface area contributed by atoms with Crippen LogP contribution in [-0.4, -0.2) is 30.4 Å². The molecule has 0 aliphatic heterocycles. The van der Waals surface area contributed by atoms with E-state index in [0.717, 1.165) is 3.57 Å². The summed E-state index contributed by atoms with van der Waals surface area (Å²) in [5.41, 5.74) is 0.306. The number of rotatable bonds is 6. The minimum absolute atomic E-state index is 0.0730. The largest absolute Gasteiger partial charge is 0.491 e. The van der Waals surface area contributed by atoms with Gasteiger partial charge in [-0.15, -0.1) is 0 Å². The van der Waals surface area contributed by atoms with Crippen molar-refractivity contribution in [2.75, 3.05) is 13.2 Å². The zero-order valence-corrected chi connectivity index (χ0v) is 12.2. The lowest BCUT2D eigenvalue weighted by molar-refractivity contribution is -0.142. The molecule has 98 valence electrons. The molecule has 1 N–H and O–H groups in total. The van der Waals surface area contributed by atoms with Crippen molar-refractivity contribution in [2.45, 2.75) is 13.0 Å². The molecule has 1 unspecified atom stereocenters. The quantitative estimate of drug-likeness (QED) is 0.479. The SMILES string of the molecule is C=C(C)C(=O)OCC(O)COc1cccc(I)c1. The maximum Gasteiger partial charge on any atom is 0.333 e. The highest BCUT2D eigenvalue weighted by atomic mass is 127. The molecule has 4 nitrogen and oxygen atoms in total.